The van der Waals surface area contributed by atoms with Gasteiger partial charge in [-0.25, -0.2) is 0 Å². The number of hydrogen-bond acceptors (Lipinski definition) is 3. The fourth-order valence-electron chi connectivity index (χ4n) is 1.48. The third-order valence-electron chi connectivity index (χ3n) is 2.36. The van der Waals surface area contributed by atoms with Crippen molar-refractivity contribution in [1.82, 2.24) is 5.32 Å². The fourth-order valence-corrected chi connectivity index (χ4v) is 1.48. The zero-order valence-electron chi connectivity index (χ0n) is 7.73. The maximum absolute atomic E-state index is 12.2. The normalized spacial score (nSPS) is 28.6. The number of esters is 1. The van der Waals surface area contributed by atoms with Gasteiger partial charge in [-0.15, -0.1) is 0 Å². The van der Waals surface area contributed by atoms with Crippen LogP contribution in [0.25, 0.3) is 0 Å². The molecule has 0 aromatic rings. The van der Waals surface area contributed by atoms with Crippen molar-refractivity contribution >= 4 is 5.97 Å². The van der Waals surface area contributed by atoms with Gasteiger partial charge < -0.3 is 10.1 Å². The molecule has 1 fully saturated rings. The highest BCUT2D eigenvalue weighted by Gasteiger charge is 2.42. The molecule has 1 saturated heterocycles. The van der Waals surface area contributed by atoms with Gasteiger partial charge >= 0.3 is 12.1 Å². The first-order chi connectivity index (χ1) is 6.45. The molecular formula is C8H12F3NO2. The summed E-state index contributed by atoms with van der Waals surface area (Å²) in [6.45, 7) is -0.205. The Balaban J connectivity index is 2.43. The average Bonchev–Trinajstić information content (AvgIpc) is 2.15. The van der Waals surface area contributed by atoms with Gasteiger partial charge in [0.15, 0.2) is 0 Å². The van der Waals surface area contributed by atoms with Crippen LogP contribution in [0.4, 0.5) is 13.2 Å². The summed E-state index contributed by atoms with van der Waals surface area (Å²) in [6, 6.07) is -0.585. The average molecular weight is 211 g/mol. The maximum Gasteiger partial charge on any atom is 0.393 e. The summed E-state index contributed by atoms with van der Waals surface area (Å²) in [5.74, 6) is -1.84. The highest BCUT2D eigenvalue weighted by molar-refractivity contribution is 5.75. The molecule has 0 unspecified atom stereocenters. The summed E-state index contributed by atoms with van der Waals surface area (Å²) < 4.78 is 41.0. The maximum atomic E-state index is 12.2. The van der Waals surface area contributed by atoms with Gasteiger partial charge in [-0.3, -0.25) is 4.79 Å². The zero-order chi connectivity index (χ0) is 10.8. The third-order valence-corrected chi connectivity index (χ3v) is 2.36. The lowest BCUT2D eigenvalue weighted by molar-refractivity contribution is -0.181. The molecular weight excluding hydrogens is 199 g/mol. The van der Waals surface area contributed by atoms with Crippen LogP contribution in [0.15, 0.2) is 0 Å². The number of ether oxygens (including phenoxy) is 1. The molecule has 1 aliphatic heterocycles. The van der Waals surface area contributed by atoms with Crippen LogP contribution in [0.5, 0.6) is 0 Å². The van der Waals surface area contributed by atoms with E-state index in [2.05, 4.69) is 10.1 Å². The smallest absolute Gasteiger partial charge is 0.393 e. The lowest BCUT2D eigenvalue weighted by Crippen LogP contribution is -2.48. The Hall–Kier alpha value is -0.780. The Kier molecular flexibility index (Phi) is 3.36. The van der Waals surface area contributed by atoms with Crippen molar-refractivity contribution in [3.8, 4) is 0 Å². The number of carbonyl (C=O) groups excluding carboxylic acids is 1. The van der Waals surface area contributed by atoms with Crippen LogP contribution in [0.1, 0.15) is 12.8 Å². The van der Waals surface area contributed by atoms with E-state index in [0.717, 1.165) is 0 Å². The van der Waals surface area contributed by atoms with Gasteiger partial charge in [0, 0.05) is 6.54 Å². The molecule has 1 N–H and O–H groups in total. The van der Waals surface area contributed by atoms with Crippen molar-refractivity contribution in [2.24, 2.45) is 5.92 Å². The van der Waals surface area contributed by atoms with Crippen LogP contribution in [-0.2, 0) is 9.53 Å². The second kappa shape index (κ2) is 4.16. The number of nitrogens with one attached hydrogen (secondary N) is 1. The van der Waals surface area contributed by atoms with E-state index in [1.54, 1.807) is 0 Å². The van der Waals surface area contributed by atoms with Crippen LogP contribution in [-0.4, -0.2) is 31.8 Å². The first-order valence-corrected chi connectivity index (χ1v) is 4.33. The molecule has 2 atom stereocenters. The van der Waals surface area contributed by atoms with Gasteiger partial charge in [0.05, 0.1) is 13.0 Å². The van der Waals surface area contributed by atoms with Gasteiger partial charge in [-0.05, 0) is 12.8 Å². The van der Waals surface area contributed by atoms with Gasteiger partial charge in [0.25, 0.3) is 0 Å². The molecule has 1 rings (SSSR count). The summed E-state index contributed by atoms with van der Waals surface area (Å²) in [7, 11) is 1.22. The number of alkyl halides is 3. The Morgan fingerprint density at radius 2 is 2.07 bits per heavy atom. The Morgan fingerprint density at radius 3 is 2.43 bits per heavy atom. The van der Waals surface area contributed by atoms with Crippen molar-refractivity contribution in [3.05, 3.63) is 0 Å². The quantitative estimate of drug-likeness (QED) is 0.660. The zero-order valence-corrected chi connectivity index (χ0v) is 7.73. The highest BCUT2D eigenvalue weighted by Crippen LogP contribution is 2.31. The molecule has 0 amide bonds. The predicted molar refractivity (Wildman–Crippen MR) is 42.6 cm³/mol. The number of methoxy groups -OCH3 is 1. The predicted octanol–water partition coefficient (Wildman–Crippen LogP) is 1.09. The van der Waals surface area contributed by atoms with E-state index in [9.17, 15) is 18.0 Å². The number of halogens is 3. The van der Waals surface area contributed by atoms with Crippen molar-refractivity contribution in [1.29, 1.82) is 0 Å². The van der Waals surface area contributed by atoms with Gasteiger partial charge in [0.2, 0.25) is 0 Å². The molecule has 0 radical (unpaired) electrons. The lowest BCUT2D eigenvalue weighted by atomic mass is 9.94. The third kappa shape index (κ3) is 2.60. The molecule has 0 spiro atoms. The molecule has 0 aliphatic carbocycles. The summed E-state index contributed by atoms with van der Waals surface area (Å²) in [5.41, 5.74) is 0. The van der Waals surface area contributed by atoms with Crippen LogP contribution in [0.3, 0.4) is 0 Å². The summed E-state index contributed by atoms with van der Waals surface area (Å²) in [4.78, 5) is 11.0. The molecule has 0 aromatic heterocycles. The van der Waals surface area contributed by atoms with Gasteiger partial charge in [-0.2, -0.15) is 13.2 Å². The second-order valence-electron chi connectivity index (χ2n) is 3.30. The minimum atomic E-state index is -4.17. The first kappa shape index (κ1) is 11.3. The van der Waals surface area contributed by atoms with E-state index in [0.29, 0.717) is 0 Å². The number of carbonyl (C=O) groups is 1. The highest BCUT2D eigenvalue weighted by atomic mass is 19.4. The largest absolute Gasteiger partial charge is 0.468 e. The molecule has 0 aromatic carbocycles. The number of rotatable bonds is 1. The van der Waals surface area contributed by atoms with Crippen LogP contribution in [0.2, 0.25) is 0 Å². The Bertz CT molecular complexity index is 209. The standard InChI is InChI=1S/C8H12F3NO2/c1-14-7(13)6-3-2-5(4-12-6)8(9,10)11/h5-6,12H,2-4H2,1H3/t5-,6-/m0/s1. The summed E-state index contributed by atoms with van der Waals surface area (Å²) in [6.07, 6.45) is -4.01. The van der Waals surface area contributed by atoms with Crippen LogP contribution in [0, 0.1) is 5.92 Å². The van der Waals surface area contributed by atoms with E-state index in [-0.39, 0.29) is 19.4 Å². The summed E-state index contributed by atoms with van der Waals surface area (Å²) in [5, 5.41) is 2.53. The molecule has 14 heavy (non-hydrogen) atoms. The molecule has 0 bridgehead atoms. The van der Waals surface area contributed by atoms with Gasteiger partial charge in [0.1, 0.15) is 6.04 Å². The van der Waals surface area contributed by atoms with Crippen molar-refractivity contribution in [2.75, 3.05) is 13.7 Å². The second-order valence-corrected chi connectivity index (χ2v) is 3.30. The molecule has 3 nitrogen and oxygen atoms in total. The Morgan fingerprint density at radius 1 is 1.43 bits per heavy atom. The van der Waals surface area contributed by atoms with Crippen molar-refractivity contribution in [3.63, 3.8) is 0 Å². The molecule has 1 aliphatic rings. The van der Waals surface area contributed by atoms with E-state index in [1.807, 2.05) is 0 Å². The SMILES string of the molecule is COC(=O)[C@@H]1CC[C@H](C(F)(F)F)CN1. The first-order valence-electron chi connectivity index (χ1n) is 4.33. The topological polar surface area (TPSA) is 38.3 Å². The molecule has 82 valence electrons. The minimum Gasteiger partial charge on any atom is -0.468 e. The molecule has 0 saturated carbocycles. The van der Waals surface area contributed by atoms with E-state index in [4.69, 9.17) is 0 Å². The molecule has 6 heteroatoms. The van der Waals surface area contributed by atoms with Crippen molar-refractivity contribution in [2.45, 2.75) is 25.1 Å². The number of piperidine rings is 1. The fraction of sp³-hybridized carbons (Fsp3) is 0.875. The Labute approximate surface area is 79.6 Å². The van der Waals surface area contributed by atoms with E-state index >= 15 is 0 Å². The van der Waals surface area contributed by atoms with Crippen LogP contribution >= 0.6 is 0 Å². The minimum absolute atomic E-state index is 0.0176. The monoisotopic (exact) mass is 211 g/mol. The summed E-state index contributed by atoms with van der Waals surface area (Å²) >= 11 is 0. The lowest BCUT2D eigenvalue weighted by Gasteiger charge is -2.29. The molecule has 1 heterocycles. The van der Waals surface area contributed by atoms with Crippen molar-refractivity contribution < 1.29 is 22.7 Å². The van der Waals surface area contributed by atoms with E-state index in [1.165, 1.54) is 7.11 Å². The van der Waals surface area contributed by atoms with E-state index < -0.39 is 24.1 Å². The van der Waals surface area contributed by atoms with Gasteiger partial charge in [-0.1, -0.05) is 0 Å². The van der Waals surface area contributed by atoms with Crippen LogP contribution < -0.4 is 5.32 Å². The number of hydrogen-bond donors (Lipinski definition) is 1.